The summed E-state index contributed by atoms with van der Waals surface area (Å²) in [5.74, 6) is -3.02. The van der Waals surface area contributed by atoms with Gasteiger partial charge in [0.05, 0.1) is 11.6 Å². The molecular weight excluding hydrogens is 510 g/mol. The molecule has 13 heteroatoms. The molecule has 38 heavy (non-hydrogen) atoms. The number of carbonyl (C=O) groups excluding carboxylic acids is 2. The molecule has 2 aliphatic heterocycles. The number of carbonyl (C=O) groups is 3. The van der Waals surface area contributed by atoms with Crippen molar-refractivity contribution in [1.82, 2.24) is 24.5 Å². The molecule has 208 valence electrons. The molecule has 0 spiro atoms. The third kappa shape index (κ3) is 6.69. The molecule has 0 aliphatic carbocycles. The number of aryl methyl sites for hydroxylation is 1. The average Bonchev–Trinajstić information content (AvgIpc) is 3.35. The van der Waals surface area contributed by atoms with E-state index in [1.165, 1.54) is 24.3 Å². The van der Waals surface area contributed by atoms with E-state index in [1.807, 2.05) is 38.4 Å². The van der Waals surface area contributed by atoms with Crippen LogP contribution in [0, 0.1) is 17.2 Å². The number of benzene rings is 1. The van der Waals surface area contributed by atoms with E-state index in [2.05, 4.69) is 10.00 Å². The number of carboxylic acids is 1. The zero-order valence-electron chi connectivity index (χ0n) is 21.4. The Labute approximate surface area is 217 Å². The van der Waals surface area contributed by atoms with Crippen molar-refractivity contribution in [2.75, 3.05) is 40.3 Å². The van der Waals surface area contributed by atoms with Crippen LogP contribution in [-0.4, -0.2) is 93.8 Å². The van der Waals surface area contributed by atoms with Crippen LogP contribution in [-0.2, 0) is 23.2 Å². The number of amides is 2. The number of alkyl halides is 3. The molecular formula is C25H31F4N5O4. The fourth-order valence-corrected chi connectivity index (χ4v) is 5.22. The first-order chi connectivity index (χ1) is 17.7. The summed E-state index contributed by atoms with van der Waals surface area (Å²) in [6.07, 6.45) is 0.299. The highest BCUT2D eigenvalue weighted by Crippen LogP contribution is 2.44. The second-order valence-corrected chi connectivity index (χ2v) is 9.91. The summed E-state index contributed by atoms with van der Waals surface area (Å²) in [5.41, 5.74) is 1.10. The summed E-state index contributed by atoms with van der Waals surface area (Å²) in [7, 11) is 5.52. The van der Waals surface area contributed by atoms with Crippen LogP contribution in [0.5, 0.6) is 0 Å². The van der Waals surface area contributed by atoms with Gasteiger partial charge in [0.25, 0.3) is 5.91 Å². The van der Waals surface area contributed by atoms with E-state index in [0.29, 0.717) is 25.2 Å². The second kappa shape index (κ2) is 11.5. The van der Waals surface area contributed by atoms with Crippen molar-refractivity contribution in [3.05, 3.63) is 53.6 Å². The molecule has 1 N–H and O–H groups in total. The lowest BCUT2D eigenvalue weighted by atomic mass is 9.74. The number of nitrogens with zero attached hydrogens (tertiary/aromatic N) is 5. The van der Waals surface area contributed by atoms with Gasteiger partial charge in [0.1, 0.15) is 5.82 Å². The highest BCUT2D eigenvalue weighted by Gasteiger charge is 2.53. The van der Waals surface area contributed by atoms with Gasteiger partial charge in [0.2, 0.25) is 5.91 Å². The zero-order chi connectivity index (χ0) is 28.3. The SMILES string of the molecule is CN(C)C(=O)[C@]12CCCN(C(=O)c3ccc(F)cc3)C[C@H]1CN(Cc1cnn(C)c1)C2.O=C(O)C(F)(F)F. The van der Waals surface area contributed by atoms with Crippen molar-refractivity contribution < 1.29 is 37.1 Å². The van der Waals surface area contributed by atoms with Crippen LogP contribution in [0.1, 0.15) is 28.8 Å². The molecule has 9 nitrogen and oxygen atoms in total. The molecule has 2 amide bonds. The van der Waals surface area contributed by atoms with Crippen LogP contribution in [0.3, 0.4) is 0 Å². The lowest BCUT2D eigenvalue weighted by molar-refractivity contribution is -0.192. The number of fused-ring (bicyclic) bond motifs is 1. The number of aliphatic carboxylic acids is 1. The number of likely N-dealkylation sites (tertiary alicyclic amines) is 2. The van der Waals surface area contributed by atoms with Crippen LogP contribution in [0.25, 0.3) is 0 Å². The van der Waals surface area contributed by atoms with E-state index in [-0.39, 0.29) is 23.5 Å². The number of aromatic nitrogens is 2. The predicted octanol–water partition coefficient (Wildman–Crippen LogP) is 2.64. The minimum Gasteiger partial charge on any atom is -0.475 e. The maximum atomic E-state index is 13.4. The Balaban J connectivity index is 0.000000505. The summed E-state index contributed by atoms with van der Waals surface area (Å²) in [5, 5.41) is 11.4. The van der Waals surface area contributed by atoms with Crippen molar-refractivity contribution in [3.8, 4) is 0 Å². The number of halogens is 4. The van der Waals surface area contributed by atoms with Gasteiger partial charge < -0.3 is 14.9 Å². The highest BCUT2D eigenvalue weighted by molar-refractivity contribution is 5.94. The van der Waals surface area contributed by atoms with Gasteiger partial charge in [-0.2, -0.15) is 18.3 Å². The van der Waals surface area contributed by atoms with Gasteiger partial charge in [-0.05, 0) is 37.1 Å². The molecule has 2 aliphatic rings. The smallest absolute Gasteiger partial charge is 0.475 e. The largest absolute Gasteiger partial charge is 0.490 e. The van der Waals surface area contributed by atoms with E-state index < -0.39 is 17.6 Å². The molecule has 0 saturated carbocycles. The zero-order valence-corrected chi connectivity index (χ0v) is 21.4. The predicted molar refractivity (Wildman–Crippen MR) is 128 cm³/mol. The maximum absolute atomic E-state index is 13.4. The summed E-state index contributed by atoms with van der Waals surface area (Å²) in [4.78, 5) is 41.2. The second-order valence-electron chi connectivity index (χ2n) is 9.91. The quantitative estimate of drug-likeness (QED) is 0.598. The van der Waals surface area contributed by atoms with E-state index >= 15 is 0 Å². The number of carboxylic acid groups (broad SMARTS) is 1. The van der Waals surface area contributed by atoms with Crippen molar-refractivity contribution in [1.29, 1.82) is 0 Å². The van der Waals surface area contributed by atoms with Crippen LogP contribution in [0.2, 0.25) is 0 Å². The molecule has 2 aromatic rings. The summed E-state index contributed by atoms with van der Waals surface area (Å²) in [6, 6.07) is 5.69. The first-order valence-corrected chi connectivity index (χ1v) is 12.0. The fourth-order valence-electron chi connectivity index (χ4n) is 5.22. The number of hydrogen-bond donors (Lipinski definition) is 1. The first-order valence-electron chi connectivity index (χ1n) is 12.0. The number of rotatable bonds is 4. The third-order valence-electron chi connectivity index (χ3n) is 6.88. The fraction of sp³-hybridized carbons (Fsp3) is 0.520. The van der Waals surface area contributed by atoms with E-state index in [0.717, 1.165) is 31.5 Å². The highest BCUT2D eigenvalue weighted by atomic mass is 19.4. The van der Waals surface area contributed by atoms with Crippen LogP contribution >= 0.6 is 0 Å². The summed E-state index contributed by atoms with van der Waals surface area (Å²) < 4.78 is 46.8. The monoisotopic (exact) mass is 541 g/mol. The van der Waals surface area contributed by atoms with Gasteiger partial charge in [0.15, 0.2) is 0 Å². The van der Waals surface area contributed by atoms with E-state index in [9.17, 15) is 27.2 Å². The molecule has 0 unspecified atom stereocenters. The molecule has 1 aromatic heterocycles. The van der Waals surface area contributed by atoms with Gasteiger partial charge in [0, 0.05) is 77.1 Å². The van der Waals surface area contributed by atoms with Crippen molar-refractivity contribution >= 4 is 17.8 Å². The van der Waals surface area contributed by atoms with Gasteiger partial charge >= 0.3 is 12.1 Å². The normalized spacial score (nSPS) is 21.7. The third-order valence-corrected chi connectivity index (χ3v) is 6.88. The van der Waals surface area contributed by atoms with Crippen LogP contribution < -0.4 is 0 Å². The Morgan fingerprint density at radius 1 is 1.16 bits per heavy atom. The van der Waals surface area contributed by atoms with Crippen LogP contribution in [0.4, 0.5) is 17.6 Å². The van der Waals surface area contributed by atoms with E-state index in [4.69, 9.17) is 9.90 Å². The van der Waals surface area contributed by atoms with E-state index in [1.54, 1.807) is 9.58 Å². The average molecular weight is 542 g/mol. The lowest BCUT2D eigenvalue weighted by Crippen LogP contribution is -2.47. The Bertz CT molecular complexity index is 1150. The van der Waals surface area contributed by atoms with Crippen molar-refractivity contribution in [2.45, 2.75) is 25.6 Å². The topological polar surface area (TPSA) is 99.0 Å². The molecule has 2 fully saturated rings. The Hall–Kier alpha value is -3.48. The molecule has 3 heterocycles. The van der Waals surface area contributed by atoms with Crippen molar-refractivity contribution in [2.24, 2.45) is 18.4 Å². The van der Waals surface area contributed by atoms with Gasteiger partial charge in [-0.3, -0.25) is 19.2 Å². The lowest BCUT2D eigenvalue weighted by Gasteiger charge is -2.35. The first kappa shape index (κ1) is 29.1. The molecule has 2 saturated heterocycles. The molecule has 0 bridgehead atoms. The Kier molecular flexibility index (Phi) is 8.80. The minimum absolute atomic E-state index is 0.0472. The molecule has 1 aromatic carbocycles. The van der Waals surface area contributed by atoms with Gasteiger partial charge in [-0.25, -0.2) is 9.18 Å². The Morgan fingerprint density at radius 2 is 1.79 bits per heavy atom. The van der Waals surface area contributed by atoms with Crippen LogP contribution in [0.15, 0.2) is 36.7 Å². The molecule has 4 rings (SSSR count). The summed E-state index contributed by atoms with van der Waals surface area (Å²) >= 11 is 0. The maximum Gasteiger partial charge on any atom is 0.490 e. The molecule has 2 atom stereocenters. The number of hydrogen-bond acceptors (Lipinski definition) is 5. The minimum atomic E-state index is -5.08. The van der Waals surface area contributed by atoms with Gasteiger partial charge in [-0.1, -0.05) is 0 Å². The van der Waals surface area contributed by atoms with Gasteiger partial charge in [-0.15, -0.1) is 0 Å². The molecule has 0 radical (unpaired) electrons. The summed E-state index contributed by atoms with van der Waals surface area (Å²) in [6.45, 7) is 3.31. The standard InChI is InChI=1S/C23H30FN5O2.C2HF3O2/c1-26(2)22(31)23-9-4-10-29(21(30)18-5-7-20(24)8-6-18)15-19(23)14-28(16-23)13-17-11-25-27(3)12-17;3-2(4,5)1(6)7/h5-8,11-12,19H,4,9-10,13-16H2,1-3H3;(H,6,7)/t19-,23+;/m1./s1. The van der Waals surface area contributed by atoms with Crippen molar-refractivity contribution in [3.63, 3.8) is 0 Å². The Morgan fingerprint density at radius 3 is 2.32 bits per heavy atom.